The number of imidazole rings is 1. The molecule has 128 valence electrons. The van der Waals surface area contributed by atoms with Crippen molar-refractivity contribution in [1.82, 2.24) is 19.4 Å². The highest BCUT2D eigenvalue weighted by molar-refractivity contribution is 7.13. The van der Waals surface area contributed by atoms with Crippen molar-refractivity contribution in [1.29, 1.82) is 0 Å². The Morgan fingerprint density at radius 3 is 2.84 bits per heavy atom. The molecule has 0 unspecified atom stereocenters. The summed E-state index contributed by atoms with van der Waals surface area (Å²) < 4.78 is 2.20. The van der Waals surface area contributed by atoms with E-state index in [1.165, 1.54) is 11.3 Å². The predicted octanol–water partition coefficient (Wildman–Crippen LogP) is 3.34. The number of thiazole rings is 1. The Hall–Kier alpha value is -2.47. The number of aromatic nitrogens is 3. The van der Waals surface area contributed by atoms with E-state index in [9.17, 15) is 4.79 Å². The van der Waals surface area contributed by atoms with Crippen LogP contribution in [0.4, 0.5) is 0 Å². The van der Waals surface area contributed by atoms with E-state index in [0.29, 0.717) is 11.6 Å². The molecule has 0 aliphatic carbocycles. The van der Waals surface area contributed by atoms with Crippen LogP contribution in [0, 0.1) is 5.92 Å². The number of carbonyl (C=O) groups is 1. The second-order valence-electron chi connectivity index (χ2n) is 6.33. The van der Waals surface area contributed by atoms with Crippen LogP contribution in [0.2, 0.25) is 0 Å². The molecule has 1 aromatic carbocycles. The average molecular weight is 352 g/mol. The van der Waals surface area contributed by atoms with Crippen molar-refractivity contribution >= 4 is 17.2 Å². The first kappa shape index (κ1) is 16.0. The Bertz CT molecular complexity index is 864. The molecule has 0 atom stereocenters. The van der Waals surface area contributed by atoms with Crippen LogP contribution < -0.4 is 0 Å². The quantitative estimate of drug-likeness (QED) is 0.708. The van der Waals surface area contributed by atoms with Crippen molar-refractivity contribution < 1.29 is 4.79 Å². The molecule has 0 N–H and O–H groups in total. The molecule has 0 saturated carbocycles. The van der Waals surface area contributed by atoms with Gasteiger partial charge in [-0.25, -0.2) is 9.97 Å². The fourth-order valence-electron chi connectivity index (χ4n) is 3.20. The van der Waals surface area contributed by atoms with E-state index in [2.05, 4.69) is 21.5 Å². The van der Waals surface area contributed by atoms with Crippen molar-refractivity contribution in [3.8, 4) is 10.6 Å². The number of likely N-dealkylation sites (tertiary alicyclic amines) is 1. The highest BCUT2D eigenvalue weighted by Gasteiger charge is 2.32. The number of nitrogens with zero attached hydrogens (tertiary/aromatic N) is 4. The van der Waals surface area contributed by atoms with Gasteiger partial charge in [-0.1, -0.05) is 37.3 Å². The van der Waals surface area contributed by atoms with Gasteiger partial charge in [-0.15, -0.1) is 11.3 Å². The predicted molar refractivity (Wildman–Crippen MR) is 98.5 cm³/mol. The molecule has 1 aliphatic rings. The van der Waals surface area contributed by atoms with Crippen LogP contribution in [-0.4, -0.2) is 38.4 Å². The number of carbonyl (C=O) groups excluding carboxylic acids is 1. The SMILES string of the molecule is CCc1nccn1CC1CN(C(=O)c2csc(-c3ccccc3)n2)C1. The van der Waals surface area contributed by atoms with Crippen LogP contribution in [0.5, 0.6) is 0 Å². The molecule has 2 aromatic heterocycles. The fourth-order valence-corrected chi connectivity index (χ4v) is 4.00. The third-order valence-corrected chi connectivity index (χ3v) is 5.45. The summed E-state index contributed by atoms with van der Waals surface area (Å²) >= 11 is 1.52. The zero-order chi connectivity index (χ0) is 17.2. The van der Waals surface area contributed by atoms with Gasteiger partial charge in [-0.3, -0.25) is 4.79 Å². The maximum absolute atomic E-state index is 12.6. The first-order valence-electron chi connectivity index (χ1n) is 8.55. The number of rotatable bonds is 5. The Labute approximate surface area is 151 Å². The number of hydrogen-bond donors (Lipinski definition) is 0. The first-order valence-corrected chi connectivity index (χ1v) is 9.42. The lowest BCUT2D eigenvalue weighted by molar-refractivity contribution is 0.0462. The second-order valence-corrected chi connectivity index (χ2v) is 7.19. The highest BCUT2D eigenvalue weighted by atomic mass is 32.1. The minimum atomic E-state index is 0.0380. The maximum atomic E-state index is 12.6. The third-order valence-electron chi connectivity index (χ3n) is 4.56. The van der Waals surface area contributed by atoms with Gasteiger partial charge in [0.25, 0.3) is 5.91 Å². The second kappa shape index (κ2) is 6.80. The van der Waals surface area contributed by atoms with Crippen LogP contribution in [0.25, 0.3) is 10.6 Å². The number of benzene rings is 1. The van der Waals surface area contributed by atoms with Gasteiger partial charge >= 0.3 is 0 Å². The van der Waals surface area contributed by atoms with Gasteiger partial charge in [0.2, 0.25) is 0 Å². The standard InChI is InChI=1S/C19H20N4OS/c1-2-17-20-8-9-22(17)10-14-11-23(12-14)19(24)16-13-25-18(21-16)15-6-4-3-5-7-15/h3-9,13-14H,2,10-12H2,1H3. The van der Waals surface area contributed by atoms with Gasteiger partial charge in [0.1, 0.15) is 16.5 Å². The van der Waals surface area contributed by atoms with Crippen LogP contribution >= 0.6 is 11.3 Å². The van der Waals surface area contributed by atoms with E-state index in [-0.39, 0.29) is 5.91 Å². The molecule has 6 heteroatoms. The van der Waals surface area contributed by atoms with Gasteiger partial charge in [0.05, 0.1) is 0 Å². The molecule has 3 heterocycles. The molecule has 4 rings (SSSR count). The lowest BCUT2D eigenvalue weighted by Crippen LogP contribution is -2.51. The summed E-state index contributed by atoms with van der Waals surface area (Å²) in [5.74, 6) is 1.64. The van der Waals surface area contributed by atoms with Gasteiger partial charge in [-0.05, 0) is 0 Å². The monoisotopic (exact) mass is 352 g/mol. The minimum absolute atomic E-state index is 0.0380. The van der Waals surface area contributed by atoms with Crippen LogP contribution in [-0.2, 0) is 13.0 Å². The van der Waals surface area contributed by atoms with Gasteiger partial charge in [-0.2, -0.15) is 0 Å². The lowest BCUT2D eigenvalue weighted by atomic mass is 9.99. The summed E-state index contributed by atoms with van der Waals surface area (Å²) in [6, 6.07) is 9.98. The summed E-state index contributed by atoms with van der Waals surface area (Å²) in [6.07, 6.45) is 4.81. The zero-order valence-corrected chi connectivity index (χ0v) is 14.9. The van der Waals surface area contributed by atoms with Crippen molar-refractivity contribution in [2.24, 2.45) is 5.92 Å². The molecular weight excluding hydrogens is 332 g/mol. The normalized spacial score (nSPS) is 14.5. The molecule has 3 aromatic rings. The molecule has 0 spiro atoms. The van der Waals surface area contributed by atoms with Crippen molar-refractivity contribution in [3.63, 3.8) is 0 Å². The van der Waals surface area contributed by atoms with E-state index < -0.39 is 0 Å². The summed E-state index contributed by atoms with van der Waals surface area (Å²) in [5.41, 5.74) is 1.61. The Balaban J connectivity index is 1.37. The average Bonchev–Trinajstić information content (AvgIpc) is 3.27. The maximum Gasteiger partial charge on any atom is 0.273 e. The number of hydrogen-bond acceptors (Lipinski definition) is 4. The molecule has 0 bridgehead atoms. The van der Waals surface area contributed by atoms with Crippen LogP contribution in [0.15, 0.2) is 48.1 Å². The number of amides is 1. The lowest BCUT2D eigenvalue weighted by Gasteiger charge is -2.39. The van der Waals surface area contributed by atoms with Crippen molar-refractivity contribution in [3.05, 3.63) is 59.6 Å². The molecule has 1 amide bonds. The fraction of sp³-hybridized carbons (Fsp3) is 0.316. The van der Waals surface area contributed by atoms with E-state index >= 15 is 0 Å². The van der Waals surface area contributed by atoms with Gasteiger partial charge in [0.15, 0.2) is 0 Å². The molecular formula is C19H20N4OS. The van der Waals surface area contributed by atoms with E-state index in [0.717, 1.165) is 42.5 Å². The van der Waals surface area contributed by atoms with Crippen molar-refractivity contribution in [2.45, 2.75) is 19.9 Å². The molecule has 25 heavy (non-hydrogen) atoms. The van der Waals surface area contributed by atoms with E-state index in [1.54, 1.807) is 0 Å². The topological polar surface area (TPSA) is 51.0 Å². The minimum Gasteiger partial charge on any atom is -0.336 e. The number of aryl methyl sites for hydroxylation is 1. The van der Waals surface area contributed by atoms with E-state index in [4.69, 9.17) is 0 Å². The van der Waals surface area contributed by atoms with Gasteiger partial charge in [0, 0.05) is 55.3 Å². The molecule has 1 saturated heterocycles. The largest absolute Gasteiger partial charge is 0.336 e. The Kier molecular flexibility index (Phi) is 4.36. The highest BCUT2D eigenvalue weighted by Crippen LogP contribution is 2.26. The molecule has 1 aliphatic heterocycles. The Morgan fingerprint density at radius 1 is 1.28 bits per heavy atom. The summed E-state index contributed by atoms with van der Waals surface area (Å²) in [4.78, 5) is 23.4. The summed E-state index contributed by atoms with van der Waals surface area (Å²) in [6.45, 7) is 4.62. The van der Waals surface area contributed by atoms with E-state index in [1.807, 2.05) is 53.0 Å². The van der Waals surface area contributed by atoms with Gasteiger partial charge < -0.3 is 9.47 Å². The van der Waals surface area contributed by atoms with Crippen LogP contribution in [0.3, 0.4) is 0 Å². The molecule has 5 nitrogen and oxygen atoms in total. The zero-order valence-electron chi connectivity index (χ0n) is 14.1. The summed E-state index contributed by atoms with van der Waals surface area (Å²) in [5, 5.41) is 2.76. The summed E-state index contributed by atoms with van der Waals surface area (Å²) in [7, 11) is 0. The first-order chi connectivity index (χ1) is 12.2. The third kappa shape index (κ3) is 3.22. The smallest absolute Gasteiger partial charge is 0.273 e. The van der Waals surface area contributed by atoms with Crippen molar-refractivity contribution in [2.75, 3.05) is 13.1 Å². The molecule has 0 radical (unpaired) electrons. The molecule has 1 fully saturated rings. The van der Waals surface area contributed by atoms with Crippen LogP contribution in [0.1, 0.15) is 23.2 Å². The Morgan fingerprint density at radius 2 is 2.08 bits per heavy atom.